The molecule has 0 aromatic heterocycles. The van der Waals surface area contributed by atoms with E-state index < -0.39 is 0 Å². The van der Waals surface area contributed by atoms with E-state index >= 15 is 0 Å². The van der Waals surface area contributed by atoms with Crippen LogP contribution >= 0.6 is 0 Å². The van der Waals surface area contributed by atoms with Crippen LogP contribution in [0.15, 0.2) is 18.2 Å². The Bertz CT molecular complexity index is 668. The number of nitrogens with one attached hydrogen (secondary N) is 2. The molecule has 134 valence electrons. The van der Waals surface area contributed by atoms with Gasteiger partial charge in [-0.25, -0.2) is 0 Å². The van der Waals surface area contributed by atoms with Gasteiger partial charge >= 0.3 is 0 Å². The minimum absolute atomic E-state index is 0.0291. The minimum Gasteiger partial charge on any atom is -0.332 e. The Morgan fingerprint density at radius 1 is 1.44 bits per heavy atom. The monoisotopic (exact) mass is 343 g/mol. The topological polar surface area (TPSA) is 78.5 Å². The molecule has 2 N–H and O–H groups in total. The van der Waals surface area contributed by atoms with E-state index in [9.17, 15) is 14.4 Å². The second-order valence-electron chi connectivity index (χ2n) is 6.93. The molecule has 6 nitrogen and oxygen atoms in total. The molecule has 3 rings (SSSR count). The van der Waals surface area contributed by atoms with Gasteiger partial charge in [-0.1, -0.05) is 18.6 Å². The molecule has 25 heavy (non-hydrogen) atoms. The first-order chi connectivity index (χ1) is 12.1. The minimum atomic E-state index is -0.309. The quantitative estimate of drug-likeness (QED) is 0.773. The van der Waals surface area contributed by atoms with Crippen molar-refractivity contribution in [3.05, 3.63) is 34.9 Å². The second kappa shape index (κ2) is 7.78. The first kappa shape index (κ1) is 17.6. The molecule has 0 bridgehead atoms. The highest BCUT2D eigenvalue weighted by Gasteiger charge is 2.31. The van der Waals surface area contributed by atoms with Crippen LogP contribution in [0.5, 0.6) is 0 Å². The fourth-order valence-corrected chi connectivity index (χ4v) is 3.71. The van der Waals surface area contributed by atoms with Gasteiger partial charge in [0.2, 0.25) is 12.3 Å². The number of hydrogen-bond acceptors (Lipinski definition) is 4. The number of nitrogens with zero attached hydrogens (tertiary/aromatic N) is 1. The lowest BCUT2D eigenvalue weighted by molar-refractivity contribution is -0.125. The molecule has 0 spiro atoms. The van der Waals surface area contributed by atoms with Crippen molar-refractivity contribution >= 4 is 18.2 Å². The van der Waals surface area contributed by atoms with E-state index in [1.165, 1.54) is 18.4 Å². The van der Waals surface area contributed by atoms with Crippen LogP contribution < -0.4 is 10.6 Å². The highest BCUT2D eigenvalue weighted by molar-refractivity contribution is 5.98. The first-order valence-electron chi connectivity index (χ1n) is 9.00. The number of amides is 3. The van der Waals surface area contributed by atoms with Crippen molar-refractivity contribution in [2.24, 2.45) is 0 Å². The van der Waals surface area contributed by atoms with Crippen LogP contribution in [0.25, 0.3) is 0 Å². The van der Waals surface area contributed by atoms with Gasteiger partial charge in [0.05, 0.1) is 0 Å². The Kier molecular flexibility index (Phi) is 5.48. The zero-order valence-electron chi connectivity index (χ0n) is 14.6. The lowest BCUT2D eigenvalue weighted by atomic mass is 9.95. The van der Waals surface area contributed by atoms with Gasteiger partial charge in [-0.2, -0.15) is 0 Å². The van der Waals surface area contributed by atoms with Crippen LogP contribution in [-0.2, 0) is 16.1 Å². The van der Waals surface area contributed by atoms with Gasteiger partial charge in [0.1, 0.15) is 0 Å². The first-order valence-corrected chi connectivity index (χ1v) is 9.00. The molecule has 0 aliphatic carbocycles. The van der Waals surface area contributed by atoms with E-state index in [0.29, 0.717) is 25.4 Å². The number of carbonyl (C=O) groups excluding carboxylic acids is 3. The van der Waals surface area contributed by atoms with Gasteiger partial charge in [0.25, 0.3) is 5.91 Å². The lowest BCUT2D eigenvalue weighted by Gasteiger charge is -2.24. The maximum Gasteiger partial charge on any atom is 0.254 e. The van der Waals surface area contributed by atoms with Crippen molar-refractivity contribution in [3.8, 4) is 0 Å². The molecule has 1 aromatic carbocycles. The van der Waals surface area contributed by atoms with Crippen molar-refractivity contribution in [3.63, 3.8) is 0 Å². The number of rotatable bonds is 6. The van der Waals surface area contributed by atoms with E-state index in [-0.39, 0.29) is 24.3 Å². The predicted octanol–water partition coefficient (Wildman–Crippen LogP) is 1.90. The smallest absolute Gasteiger partial charge is 0.254 e. The van der Waals surface area contributed by atoms with Gasteiger partial charge in [-0.15, -0.1) is 0 Å². The number of hydrogen-bond donors (Lipinski definition) is 2. The van der Waals surface area contributed by atoms with Crippen molar-refractivity contribution in [1.29, 1.82) is 0 Å². The third-order valence-corrected chi connectivity index (χ3v) is 5.22. The van der Waals surface area contributed by atoms with Crippen LogP contribution in [0.2, 0.25) is 0 Å². The average molecular weight is 343 g/mol. The molecular formula is C19H25N3O3. The molecule has 2 unspecified atom stereocenters. The zero-order valence-corrected chi connectivity index (χ0v) is 14.6. The number of carbonyl (C=O) groups is 3. The van der Waals surface area contributed by atoms with E-state index in [4.69, 9.17) is 0 Å². The number of imide groups is 1. The standard InChI is InChI=1S/C19H25N3O3/c1-13(5-8-18(24)21-12-23)22-11-15-10-14(6-7-16(15)19(22)25)17-4-2-3-9-20-17/h6-7,10,12-13,17,20H,2-5,8-9,11H2,1H3,(H,21,23,24). The van der Waals surface area contributed by atoms with E-state index in [0.717, 1.165) is 24.1 Å². The van der Waals surface area contributed by atoms with Crippen molar-refractivity contribution in [2.45, 2.75) is 57.7 Å². The normalized spacial score (nSPS) is 20.9. The molecule has 1 aromatic rings. The summed E-state index contributed by atoms with van der Waals surface area (Å²) >= 11 is 0. The molecule has 0 saturated carbocycles. The average Bonchev–Trinajstić information content (AvgIpc) is 2.97. The van der Waals surface area contributed by atoms with Crippen LogP contribution in [0.4, 0.5) is 0 Å². The van der Waals surface area contributed by atoms with Crippen molar-refractivity contribution in [1.82, 2.24) is 15.5 Å². The molecule has 1 fully saturated rings. The largest absolute Gasteiger partial charge is 0.332 e. The predicted molar refractivity (Wildman–Crippen MR) is 93.8 cm³/mol. The van der Waals surface area contributed by atoms with Gasteiger partial charge in [-0.3, -0.25) is 19.7 Å². The highest BCUT2D eigenvalue weighted by atomic mass is 16.2. The van der Waals surface area contributed by atoms with Gasteiger partial charge in [0, 0.05) is 30.6 Å². The summed E-state index contributed by atoms with van der Waals surface area (Å²) in [5.41, 5.74) is 3.09. The van der Waals surface area contributed by atoms with Crippen LogP contribution in [0.3, 0.4) is 0 Å². The number of benzene rings is 1. The van der Waals surface area contributed by atoms with Gasteiger partial charge < -0.3 is 10.2 Å². The Balaban J connectivity index is 1.65. The van der Waals surface area contributed by atoms with Crippen LogP contribution in [0.1, 0.15) is 66.6 Å². The fourth-order valence-electron chi connectivity index (χ4n) is 3.71. The summed E-state index contributed by atoms with van der Waals surface area (Å²) in [4.78, 5) is 36.2. The van der Waals surface area contributed by atoms with Crippen LogP contribution in [0, 0.1) is 0 Å². The Morgan fingerprint density at radius 3 is 3.00 bits per heavy atom. The molecule has 2 aliphatic rings. The summed E-state index contributed by atoms with van der Waals surface area (Å²) in [5, 5.41) is 5.68. The van der Waals surface area contributed by atoms with Crippen molar-refractivity contribution in [2.75, 3.05) is 6.54 Å². The molecule has 2 atom stereocenters. The molecule has 1 saturated heterocycles. The number of piperidine rings is 1. The van der Waals surface area contributed by atoms with Gasteiger partial charge in [0.15, 0.2) is 0 Å². The van der Waals surface area contributed by atoms with Crippen LogP contribution in [-0.4, -0.2) is 35.7 Å². The molecular weight excluding hydrogens is 318 g/mol. The molecule has 3 amide bonds. The van der Waals surface area contributed by atoms with E-state index in [2.05, 4.69) is 22.8 Å². The lowest BCUT2D eigenvalue weighted by Crippen LogP contribution is -2.34. The molecule has 2 aliphatic heterocycles. The second-order valence-corrected chi connectivity index (χ2v) is 6.93. The highest BCUT2D eigenvalue weighted by Crippen LogP contribution is 2.30. The van der Waals surface area contributed by atoms with E-state index in [1.807, 2.05) is 17.9 Å². The van der Waals surface area contributed by atoms with Crippen molar-refractivity contribution < 1.29 is 14.4 Å². The fraction of sp³-hybridized carbons (Fsp3) is 0.526. The Labute approximate surface area is 148 Å². The summed E-state index contributed by atoms with van der Waals surface area (Å²) in [6.07, 6.45) is 4.76. The molecule has 0 radical (unpaired) electrons. The summed E-state index contributed by atoms with van der Waals surface area (Å²) in [5.74, 6) is -0.280. The van der Waals surface area contributed by atoms with Gasteiger partial charge in [-0.05, 0) is 49.9 Å². The summed E-state index contributed by atoms with van der Waals surface area (Å²) in [6.45, 7) is 3.58. The maximum absolute atomic E-state index is 12.6. The SMILES string of the molecule is CC(CCC(=O)NC=O)N1Cc2cc(C3CCCCN3)ccc2C1=O. The summed E-state index contributed by atoms with van der Waals surface area (Å²) in [6, 6.07) is 6.49. The molecule has 6 heteroatoms. The Morgan fingerprint density at radius 2 is 2.28 bits per heavy atom. The molecule has 2 heterocycles. The third-order valence-electron chi connectivity index (χ3n) is 5.22. The maximum atomic E-state index is 12.6. The van der Waals surface area contributed by atoms with E-state index in [1.54, 1.807) is 0 Å². The summed E-state index contributed by atoms with van der Waals surface area (Å²) < 4.78 is 0. The zero-order chi connectivity index (χ0) is 17.8. The summed E-state index contributed by atoms with van der Waals surface area (Å²) in [7, 11) is 0. The third kappa shape index (κ3) is 3.90. The Hall–Kier alpha value is -2.21. The number of fused-ring (bicyclic) bond motifs is 1.